The standard InChI is InChI=1S/C21H17.C21H23.C2H7Si.2ClH.Zr/c1-14-12-20-15(2)10-11-19(21(20)13-14)18-9-5-7-16-6-3-4-8-17(16)18;1-13(2)18-11-17-7-6-8-20(21(17)12-18)19-10-9-14(3)15(4)16(19)5;1-3-2;;;/h3-13H,1-2H3;6-13H,1-5H3;3H,1-2H3;2*1H;/q;;;;;+2/p-2. The predicted octanol–water partition coefficient (Wildman–Crippen LogP) is 13.6. The first-order valence-electron chi connectivity index (χ1n) is 17.5. The van der Waals surface area contributed by atoms with Gasteiger partial charge < -0.3 is 0 Å². The Labute approximate surface area is 296 Å². The number of benzene rings is 5. The second-order valence-corrected chi connectivity index (χ2v) is 57.7. The molecule has 0 spiro atoms. The van der Waals surface area contributed by atoms with Crippen LogP contribution in [-0.4, -0.2) is 5.92 Å². The molecule has 245 valence electrons. The molecule has 7 rings (SSSR count). The molecule has 2 unspecified atom stereocenters. The van der Waals surface area contributed by atoms with Crippen molar-refractivity contribution in [2.75, 3.05) is 0 Å². The van der Waals surface area contributed by atoms with Gasteiger partial charge in [0.05, 0.1) is 0 Å². The van der Waals surface area contributed by atoms with Gasteiger partial charge in [0.2, 0.25) is 0 Å². The molecule has 2 aliphatic rings. The number of rotatable bonds is 6. The van der Waals surface area contributed by atoms with E-state index in [9.17, 15) is 0 Å². The average Bonchev–Trinajstić information content (AvgIpc) is 3.64. The molecule has 0 aromatic heterocycles. The van der Waals surface area contributed by atoms with Crippen LogP contribution in [0.25, 0.3) is 45.2 Å². The van der Waals surface area contributed by atoms with Crippen molar-refractivity contribution in [2.24, 2.45) is 5.92 Å². The fraction of sp³-hybridized carbons (Fsp3) is 0.273. The summed E-state index contributed by atoms with van der Waals surface area (Å²) in [4.78, 5) is 0. The van der Waals surface area contributed by atoms with Gasteiger partial charge in [-0.1, -0.05) is 0 Å². The number of allylic oxidation sites excluding steroid dienone is 2. The molecular weight excluding hydrogens is 719 g/mol. The zero-order chi connectivity index (χ0) is 34.3. The van der Waals surface area contributed by atoms with Crippen LogP contribution in [0, 0.1) is 33.6 Å². The van der Waals surface area contributed by atoms with E-state index < -0.39 is 21.5 Å². The van der Waals surface area contributed by atoms with Crippen LogP contribution >= 0.6 is 17.0 Å². The van der Waals surface area contributed by atoms with Gasteiger partial charge >= 0.3 is 299 Å². The number of hydrogen-bond donors (Lipinski definition) is 0. The molecular formula is C44H47Cl2SiZr. The van der Waals surface area contributed by atoms with Crippen molar-refractivity contribution in [1.82, 2.24) is 0 Å². The Bertz CT molecular complexity index is 2200. The second kappa shape index (κ2) is 12.1. The molecule has 5 aromatic rings. The monoisotopic (exact) mass is 763 g/mol. The van der Waals surface area contributed by atoms with Crippen molar-refractivity contribution in [3.63, 3.8) is 0 Å². The molecule has 0 nitrogen and oxygen atoms in total. The minimum absolute atomic E-state index is 0.0662. The molecule has 0 aliphatic heterocycles. The summed E-state index contributed by atoms with van der Waals surface area (Å²) < 4.78 is 0.139. The second-order valence-electron chi connectivity index (χ2n) is 15.2. The van der Waals surface area contributed by atoms with Gasteiger partial charge in [-0.2, -0.15) is 0 Å². The fourth-order valence-corrected chi connectivity index (χ4v) is 41.3. The number of aryl methyl sites for hydroxylation is 2. The van der Waals surface area contributed by atoms with E-state index in [1.54, 1.807) is 0 Å². The van der Waals surface area contributed by atoms with Crippen LogP contribution in [0.2, 0.25) is 13.1 Å². The van der Waals surface area contributed by atoms with Gasteiger partial charge in [-0.25, -0.2) is 0 Å². The van der Waals surface area contributed by atoms with Crippen molar-refractivity contribution in [1.29, 1.82) is 0 Å². The van der Waals surface area contributed by atoms with Gasteiger partial charge in [-0.15, -0.1) is 0 Å². The van der Waals surface area contributed by atoms with E-state index >= 15 is 0 Å². The summed E-state index contributed by atoms with van der Waals surface area (Å²) in [6, 6.07) is 31.5. The molecule has 0 bridgehead atoms. The van der Waals surface area contributed by atoms with Crippen LogP contribution in [0.3, 0.4) is 0 Å². The van der Waals surface area contributed by atoms with Crippen molar-refractivity contribution in [3.8, 4) is 22.3 Å². The summed E-state index contributed by atoms with van der Waals surface area (Å²) in [7, 11) is 17.5. The van der Waals surface area contributed by atoms with E-state index in [2.05, 4.69) is 159 Å². The Morgan fingerprint density at radius 3 is 1.96 bits per heavy atom. The summed E-state index contributed by atoms with van der Waals surface area (Å²) in [5.74, 6) is -1.33. The molecule has 0 heterocycles. The molecule has 5 aromatic carbocycles. The van der Waals surface area contributed by atoms with Gasteiger partial charge in [-0.05, 0) is 0 Å². The average molecular weight is 766 g/mol. The maximum atomic E-state index is 8.73. The van der Waals surface area contributed by atoms with E-state index in [4.69, 9.17) is 17.0 Å². The van der Waals surface area contributed by atoms with Gasteiger partial charge in [0.15, 0.2) is 0 Å². The van der Waals surface area contributed by atoms with Crippen molar-refractivity contribution in [2.45, 2.75) is 68.8 Å². The third-order valence-electron chi connectivity index (χ3n) is 12.0. The summed E-state index contributed by atoms with van der Waals surface area (Å²) >= 11 is -4.89. The van der Waals surface area contributed by atoms with E-state index in [1.807, 2.05) is 0 Å². The molecule has 0 saturated heterocycles. The number of halogens is 2. The Hall–Kier alpha value is -2.48. The van der Waals surface area contributed by atoms with Crippen LogP contribution < -0.4 is 0 Å². The van der Waals surface area contributed by atoms with E-state index in [0.717, 1.165) is 0 Å². The van der Waals surface area contributed by atoms with Gasteiger partial charge in [0.1, 0.15) is 0 Å². The van der Waals surface area contributed by atoms with Crippen LogP contribution in [0.5, 0.6) is 0 Å². The molecule has 0 N–H and O–H groups in total. The molecule has 0 radical (unpaired) electrons. The predicted molar refractivity (Wildman–Crippen MR) is 213 cm³/mol. The Morgan fingerprint density at radius 2 is 1.23 bits per heavy atom. The molecule has 2 aliphatic carbocycles. The third-order valence-corrected chi connectivity index (χ3v) is 63.9. The SMILES string of the molecule is CC1=Cc2c(-c3cccc4ccccc34)ccc(C)c2[CH]1[Zr]([Cl])([Cl])([CH]1C(C(C)C)=Cc2c(-c3ccc(C)c(C)c3C)cccc21)[SiH](C)C. The van der Waals surface area contributed by atoms with Gasteiger partial charge in [0, 0.05) is 0 Å². The number of hydrogen-bond acceptors (Lipinski definition) is 0. The fourth-order valence-electron chi connectivity index (χ4n) is 9.09. The normalized spacial score (nSPS) is 18.1. The molecule has 0 amide bonds. The van der Waals surface area contributed by atoms with Crippen molar-refractivity contribution < 1.29 is 15.6 Å². The van der Waals surface area contributed by atoms with Crippen LogP contribution in [0.15, 0.2) is 96.1 Å². The zero-order valence-corrected chi connectivity index (χ0v) is 34.9. The first-order chi connectivity index (χ1) is 22.7. The minimum atomic E-state index is -4.89. The van der Waals surface area contributed by atoms with Crippen LogP contribution in [0.4, 0.5) is 0 Å². The van der Waals surface area contributed by atoms with Crippen LogP contribution in [-0.2, 0) is 15.6 Å². The molecule has 2 atom stereocenters. The molecule has 0 fully saturated rings. The third kappa shape index (κ3) is 4.92. The summed E-state index contributed by atoms with van der Waals surface area (Å²) in [6.45, 7) is 20.9. The first-order valence-corrected chi connectivity index (χ1v) is 33.9. The maximum absolute atomic E-state index is 8.73. The van der Waals surface area contributed by atoms with E-state index in [-0.39, 0.29) is 7.25 Å². The quantitative estimate of drug-likeness (QED) is 0.151. The Balaban J connectivity index is 1.48. The van der Waals surface area contributed by atoms with Crippen LogP contribution in [0.1, 0.15) is 72.5 Å². The van der Waals surface area contributed by atoms with E-state index in [0.29, 0.717) is 5.92 Å². The van der Waals surface area contributed by atoms with Gasteiger partial charge in [-0.3, -0.25) is 0 Å². The summed E-state index contributed by atoms with van der Waals surface area (Å²) in [6.07, 6.45) is 4.94. The molecule has 48 heavy (non-hydrogen) atoms. The van der Waals surface area contributed by atoms with Crippen molar-refractivity contribution >= 4 is 45.9 Å². The summed E-state index contributed by atoms with van der Waals surface area (Å²) in [5, 5.41) is 2.54. The first kappa shape index (κ1) is 34.0. The number of fused-ring (bicyclic) bond motifs is 3. The molecule has 0 saturated carbocycles. The zero-order valence-electron chi connectivity index (χ0n) is 29.8. The Morgan fingerprint density at radius 1 is 0.604 bits per heavy atom. The molecule has 4 heteroatoms. The van der Waals surface area contributed by atoms with Crippen molar-refractivity contribution in [3.05, 3.63) is 141 Å². The van der Waals surface area contributed by atoms with Gasteiger partial charge in [0.25, 0.3) is 0 Å². The Kier molecular flexibility index (Phi) is 8.56. The summed E-state index contributed by atoms with van der Waals surface area (Å²) in [5.41, 5.74) is 18.7. The van der Waals surface area contributed by atoms with E-state index in [1.165, 1.54) is 88.7 Å². The topological polar surface area (TPSA) is 0 Å².